The highest BCUT2D eigenvalue weighted by Crippen LogP contribution is 2.27. The second-order valence-corrected chi connectivity index (χ2v) is 4.46. The topological polar surface area (TPSA) is 46.2 Å². The molecule has 0 aliphatic rings. The second kappa shape index (κ2) is 4.38. The van der Waals surface area contributed by atoms with Crippen LogP contribution in [0.25, 0.3) is 0 Å². The lowest BCUT2D eigenvalue weighted by atomic mass is 9.83. The minimum Gasteiger partial charge on any atom is -0.395 e. The normalized spacial score (nSPS) is 15.2. The van der Waals surface area contributed by atoms with Crippen LogP contribution in [0.1, 0.15) is 12.5 Å². The third kappa shape index (κ3) is 2.13. The van der Waals surface area contributed by atoms with E-state index in [2.05, 4.69) is 15.9 Å². The van der Waals surface area contributed by atoms with Crippen LogP contribution < -0.4 is 5.73 Å². The van der Waals surface area contributed by atoms with Gasteiger partial charge in [-0.2, -0.15) is 0 Å². The molecule has 1 rings (SSSR count). The summed E-state index contributed by atoms with van der Waals surface area (Å²) in [5, 5.41) is 9.19. The van der Waals surface area contributed by atoms with Gasteiger partial charge in [0.1, 0.15) is 5.82 Å². The number of benzene rings is 1. The fourth-order valence-corrected chi connectivity index (χ4v) is 1.58. The number of aliphatic hydroxyl groups excluding tert-OH is 1. The van der Waals surface area contributed by atoms with Gasteiger partial charge in [0, 0.05) is 16.4 Å². The van der Waals surface area contributed by atoms with Gasteiger partial charge >= 0.3 is 0 Å². The Balaban J connectivity index is 3.22. The molecule has 0 saturated heterocycles. The van der Waals surface area contributed by atoms with Crippen LogP contribution in [0.3, 0.4) is 0 Å². The minimum atomic E-state index is -0.714. The number of nitrogens with two attached hydrogens (primary N) is 1. The van der Waals surface area contributed by atoms with Crippen molar-refractivity contribution in [2.24, 2.45) is 5.73 Å². The molecule has 0 aliphatic carbocycles. The van der Waals surface area contributed by atoms with Crippen molar-refractivity contribution in [3.63, 3.8) is 0 Å². The van der Waals surface area contributed by atoms with Crippen molar-refractivity contribution in [3.8, 4) is 0 Å². The molecule has 0 aromatic heterocycles. The van der Waals surface area contributed by atoms with Gasteiger partial charge in [-0.25, -0.2) is 4.39 Å². The van der Waals surface area contributed by atoms with Crippen molar-refractivity contribution in [2.75, 3.05) is 13.2 Å². The molecule has 0 heterocycles. The number of hydrogen-bond donors (Lipinski definition) is 2. The van der Waals surface area contributed by atoms with Gasteiger partial charge in [0.2, 0.25) is 0 Å². The van der Waals surface area contributed by atoms with Gasteiger partial charge < -0.3 is 10.8 Å². The van der Waals surface area contributed by atoms with E-state index in [0.29, 0.717) is 5.56 Å². The summed E-state index contributed by atoms with van der Waals surface area (Å²) in [4.78, 5) is 0. The maximum Gasteiger partial charge on any atom is 0.127 e. The standard InChI is InChI=1S/C10H13BrFNO/c1-10(5-13,6-14)8-4-7(11)2-3-9(8)12/h2-4,14H,5-6,13H2,1H3. The first-order chi connectivity index (χ1) is 6.53. The lowest BCUT2D eigenvalue weighted by molar-refractivity contribution is 0.206. The van der Waals surface area contributed by atoms with Crippen LogP contribution in [0.2, 0.25) is 0 Å². The van der Waals surface area contributed by atoms with Crippen LogP contribution in [-0.2, 0) is 5.41 Å². The molecule has 0 amide bonds. The maximum atomic E-state index is 13.5. The predicted octanol–water partition coefficient (Wildman–Crippen LogP) is 1.80. The van der Waals surface area contributed by atoms with E-state index in [1.54, 1.807) is 19.1 Å². The van der Waals surface area contributed by atoms with E-state index in [0.717, 1.165) is 4.47 Å². The van der Waals surface area contributed by atoms with Crippen LogP contribution in [0.5, 0.6) is 0 Å². The molecule has 3 N–H and O–H groups in total. The van der Waals surface area contributed by atoms with E-state index in [1.165, 1.54) is 6.07 Å². The van der Waals surface area contributed by atoms with Crippen LogP contribution >= 0.6 is 15.9 Å². The first-order valence-electron chi connectivity index (χ1n) is 4.30. The average Bonchev–Trinajstić information content (AvgIpc) is 2.20. The highest BCUT2D eigenvalue weighted by molar-refractivity contribution is 9.10. The Morgan fingerprint density at radius 3 is 2.71 bits per heavy atom. The van der Waals surface area contributed by atoms with Crippen LogP contribution in [0, 0.1) is 5.82 Å². The van der Waals surface area contributed by atoms with Crippen molar-refractivity contribution < 1.29 is 9.50 Å². The maximum absolute atomic E-state index is 13.5. The molecule has 0 aliphatic heterocycles. The molecule has 1 atom stereocenters. The molecule has 4 heteroatoms. The van der Waals surface area contributed by atoms with Gasteiger partial charge in [0.25, 0.3) is 0 Å². The molecule has 0 fully saturated rings. The van der Waals surface area contributed by atoms with Gasteiger partial charge in [0.05, 0.1) is 6.61 Å². The largest absolute Gasteiger partial charge is 0.395 e. The van der Waals surface area contributed by atoms with Crippen molar-refractivity contribution in [1.29, 1.82) is 0 Å². The van der Waals surface area contributed by atoms with Crippen molar-refractivity contribution >= 4 is 15.9 Å². The molecular weight excluding hydrogens is 249 g/mol. The summed E-state index contributed by atoms with van der Waals surface area (Å²) in [5.41, 5.74) is 5.25. The molecule has 0 bridgehead atoms. The molecule has 0 saturated carbocycles. The van der Waals surface area contributed by atoms with Crippen molar-refractivity contribution in [3.05, 3.63) is 34.1 Å². The van der Waals surface area contributed by atoms with Gasteiger partial charge in [0.15, 0.2) is 0 Å². The van der Waals surface area contributed by atoms with Crippen molar-refractivity contribution in [2.45, 2.75) is 12.3 Å². The minimum absolute atomic E-state index is 0.170. The van der Waals surface area contributed by atoms with Gasteiger partial charge in [-0.3, -0.25) is 0 Å². The van der Waals surface area contributed by atoms with Crippen LogP contribution in [-0.4, -0.2) is 18.3 Å². The Bertz CT molecular complexity index is 326. The fourth-order valence-electron chi connectivity index (χ4n) is 1.22. The van der Waals surface area contributed by atoms with E-state index in [-0.39, 0.29) is 19.0 Å². The molecule has 0 spiro atoms. The Labute approximate surface area is 91.1 Å². The predicted molar refractivity (Wildman–Crippen MR) is 57.6 cm³/mol. The molecule has 1 aromatic rings. The van der Waals surface area contributed by atoms with E-state index in [4.69, 9.17) is 5.73 Å². The zero-order valence-corrected chi connectivity index (χ0v) is 9.51. The summed E-state index contributed by atoms with van der Waals surface area (Å²) < 4.78 is 14.2. The highest BCUT2D eigenvalue weighted by atomic mass is 79.9. The number of hydrogen-bond acceptors (Lipinski definition) is 2. The highest BCUT2D eigenvalue weighted by Gasteiger charge is 2.27. The molecule has 14 heavy (non-hydrogen) atoms. The summed E-state index contributed by atoms with van der Waals surface area (Å²) >= 11 is 3.26. The van der Waals surface area contributed by atoms with Crippen LogP contribution in [0.4, 0.5) is 4.39 Å². The lowest BCUT2D eigenvalue weighted by Crippen LogP contribution is -2.36. The Morgan fingerprint density at radius 2 is 2.21 bits per heavy atom. The lowest BCUT2D eigenvalue weighted by Gasteiger charge is -2.26. The fraction of sp³-hybridized carbons (Fsp3) is 0.400. The Kier molecular flexibility index (Phi) is 3.64. The number of halogens is 2. The third-order valence-corrected chi connectivity index (χ3v) is 2.87. The van der Waals surface area contributed by atoms with E-state index < -0.39 is 5.41 Å². The summed E-state index contributed by atoms with van der Waals surface area (Å²) in [6.45, 7) is 1.77. The Hall–Kier alpha value is -0.450. The molecule has 0 radical (unpaired) electrons. The second-order valence-electron chi connectivity index (χ2n) is 3.55. The summed E-state index contributed by atoms with van der Waals surface area (Å²) in [6, 6.07) is 4.63. The SMILES string of the molecule is CC(CN)(CO)c1cc(Br)ccc1F. The first-order valence-corrected chi connectivity index (χ1v) is 5.09. The molecule has 1 unspecified atom stereocenters. The molecule has 2 nitrogen and oxygen atoms in total. The summed E-state index contributed by atoms with van der Waals surface area (Å²) in [7, 11) is 0. The van der Waals surface area contributed by atoms with E-state index >= 15 is 0 Å². The van der Waals surface area contributed by atoms with Gasteiger partial charge in [-0.15, -0.1) is 0 Å². The molecule has 1 aromatic carbocycles. The zero-order chi connectivity index (χ0) is 10.8. The monoisotopic (exact) mass is 261 g/mol. The summed E-state index contributed by atoms with van der Waals surface area (Å²) in [6.07, 6.45) is 0. The average molecular weight is 262 g/mol. The van der Waals surface area contributed by atoms with Crippen molar-refractivity contribution in [1.82, 2.24) is 0 Å². The number of aliphatic hydroxyl groups is 1. The van der Waals surface area contributed by atoms with E-state index in [9.17, 15) is 9.50 Å². The zero-order valence-electron chi connectivity index (χ0n) is 7.93. The number of rotatable bonds is 3. The van der Waals surface area contributed by atoms with Gasteiger partial charge in [-0.05, 0) is 23.8 Å². The molecular formula is C10H13BrFNO. The smallest absolute Gasteiger partial charge is 0.127 e. The summed E-state index contributed by atoms with van der Waals surface area (Å²) in [5.74, 6) is -0.338. The van der Waals surface area contributed by atoms with E-state index in [1.807, 2.05) is 0 Å². The first kappa shape index (κ1) is 11.6. The van der Waals surface area contributed by atoms with Gasteiger partial charge in [-0.1, -0.05) is 22.9 Å². The Morgan fingerprint density at radius 1 is 1.57 bits per heavy atom. The quantitative estimate of drug-likeness (QED) is 0.872. The third-order valence-electron chi connectivity index (χ3n) is 2.38. The molecule has 78 valence electrons. The van der Waals surface area contributed by atoms with Crippen LogP contribution in [0.15, 0.2) is 22.7 Å².